The summed E-state index contributed by atoms with van der Waals surface area (Å²) in [5.41, 5.74) is -1.80. The lowest BCUT2D eigenvalue weighted by atomic mass is 9.74. The molecule has 1 fully saturated rings. The molecule has 0 aliphatic heterocycles. The second-order valence-corrected chi connectivity index (χ2v) is 9.88. The molecule has 202 valence electrons. The van der Waals surface area contributed by atoms with E-state index >= 15 is 4.39 Å². The molecule has 0 heterocycles. The summed E-state index contributed by atoms with van der Waals surface area (Å²) in [5.74, 6) is -0.869. The normalized spacial score (nSPS) is 16.4. The molecule has 7 heteroatoms. The van der Waals surface area contributed by atoms with Crippen molar-refractivity contribution >= 4 is 11.9 Å². The highest BCUT2D eigenvalue weighted by molar-refractivity contribution is 5.91. The van der Waals surface area contributed by atoms with Gasteiger partial charge >= 0.3 is 11.9 Å². The number of esters is 1. The fourth-order valence-corrected chi connectivity index (χ4v) is 4.74. The summed E-state index contributed by atoms with van der Waals surface area (Å²) < 4.78 is 32.6. The van der Waals surface area contributed by atoms with Crippen LogP contribution in [0.3, 0.4) is 0 Å². The van der Waals surface area contributed by atoms with Crippen LogP contribution in [0.15, 0.2) is 48.5 Å². The first-order valence-electron chi connectivity index (χ1n) is 13.5. The number of aliphatic carboxylic acids is 1. The number of carbonyl (C=O) groups is 2. The van der Waals surface area contributed by atoms with E-state index in [0.717, 1.165) is 32.1 Å². The lowest BCUT2D eigenvalue weighted by Crippen LogP contribution is -2.44. The number of hydrogen-bond acceptors (Lipinski definition) is 5. The summed E-state index contributed by atoms with van der Waals surface area (Å²) in [7, 11) is 0. The van der Waals surface area contributed by atoms with Crippen molar-refractivity contribution in [2.24, 2.45) is 11.8 Å². The zero-order valence-electron chi connectivity index (χ0n) is 21.9. The van der Waals surface area contributed by atoms with Crippen molar-refractivity contribution in [2.75, 3.05) is 13.2 Å². The van der Waals surface area contributed by atoms with Crippen LogP contribution in [0.1, 0.15) is 82.0 Å². The Labute approximate surface area is 219 Å². The van der Waals surface area contributed by atoms with E-state index in [2.05, 4.69) is 6.92 Å². The third-order valence-electron chi connectivity index (χ3n) is 7.15. The van der Waals surface area contributed by atoms with E-state index < -0.39 is 23.5 Å². The molecule has 0 bridgehead atoms. The van der Waals surface area contributed by atoms with Crippen LogP contribution in [-0.2, 0) is 4.79 Å². The Morgan fingerprint density at radius 1 is 0.946 bits per heavy atom. The SMILES string of the molecule is CCCCOc1ccc(C(=O)Oc2ccc(OCC(CC)C[C@@](F)(C(=O)O)C3CCCCC3)cc2)cc1. The van der Waals surface area contributed by atoms with Crippen LogP contribution >= 0.6 is 0 Å². The Balaban J connectivity index is 1.51. The maximum absolute atomic E-state index is 15.7. The van der Waals surface area contributed by atoms with Crippen molar-refractivity contribution in [1.82, 2.24) is 0 Å². The van der Waals surface area contributed by atoms with Gasteiger partial charge in [0.1, 0.15) is 17.2 Å². The average molecular weight is 515 g/mol. The van der Waals surface area contributed by atoms with Crippen LogP contribution in [0.2, 0.25) is 0 Å². The highest BCUT2D eigenvalue weighted by Gasteiger charge is 2.47. The van der Waals surface area contributed by atoms with Gasteiger partial charge in [0.15, 0.2) is 0 Å². The summed E-state index contributed by atoms with van der Waals surface area (Å²) in [6, 6.07) is 13.5. The lowest BCUT2D eigenvalue weighted by molar-refractivity contribution is -0.158. The molecular formula is C30H39FO6. The number of carboxylic acids is 1. The van der Waals surface area contributed by atoms with Crippen LogP contribution in [0.4, 0.5) is 4.39 Å². The van der Waals surface area contributed by atoms with Crippen LogP contribution in [-0.4, -0.2) is 35.9 Å². The number of alkyl halides is 1. The van der Waals surface area contributed by atoms with Crippen molar-refractivity contribution in [3.63, 3.8) is 0 Å². The van der Waals surface area contributed by atoms with Crippen molar-refractivity contribution in [3.05, 3.63) is 54.1 Å². The molecule has 2 atom stereocenters. The summed E-state index contributed by atoms with van der Waals surface area (Å²) in [6.45, 7) is 4.87. The van der Waals surface area contributed by atoms with E-state index in [0.29, 0.717) is 48.7 Å². The van der Waals surface area contributed by atoms with Crippen LogP contribution in [0.25, 0.3) is 0 Å². The van der Waals surface area contributed by atoms with Crippen molar-refractivity contribution < 1.29 is 33.3 Å². The van der Waals surface area contributed by atoms with Gasteiger partial charge in [0.25, 0.3) is 0 Å². The second-order valence-electron chi connectivity index (χ2n) is 9.88. The molecule has 1 unspecified atom stereocenters. The van der Waals surface area contributed by atoms with E-state index in [-0.39, 0.29) is 18.9 Å². The molecule has 1 saturated carbocycles. The zero-order valence-corrected chi connectivity index (χ0v) is 21.9. The molecular weight excluding hydrogens is 475 g/mol. The number of ether oxygens (including phenoxy) is 3. The minimum Gasteiger partial charge on any atom is -0.494 e. The Hall–Kier alpha value is -3.09. The molecule has 0 radical (unpaired) electrons. The van der Waals surface area contributed by atoms with E-state index in [1.807, 2.05) is 6.92 Å². The lowest BCUT2D eigenvalue weighted by Gasteiger charge is -2.35. The van der Waals surface area contributed by atoms with Gasteiger partial charge < -0.3 is 19.3 Å². The standard InChI is InChI=1S/C30H39FO6/c1-3-5-19-35-25-13-11-23(12-14-25)28(32)37-27-17-15-26(16-18-27)36-21-22(4-2)20-30(31,29(33)34)24-9-7-6-8-10-24/h11-18,22,24H,3-10,19-21H2,1-2H3,(H,33,34)/t22?,30-/m0/s1. The molecule has 0 spiro atoms. The molecule has 2 aromatic rings. The van der Waals surface area contributed by atoms with Gasteiger partial charge in [0, 0.05) is 5.92 Å². The van der Waals surface area contributed by atoms with Crippen molar-refractivity contribution in [1.29, 1.82) is 0 Å². The molecule has 0 amide bonds. The number of rotatable bonds is 14. The third kappa shape index (κ3) is 8.20. The Morgan fingerprint density at radius 2 is 1.54 bits per heavy atom. The second kappa shape index (κ2) is 14.0. The first-order valence-corrected chi connectivity index (χ1v) is 13.5. The summed E-state index contributed by atoms with van der Waals surface area (Å²) in [5, 5.41) is 9.69. The van der Waals surface area contributed by atoms with Crippen LogP contribution < -0.4 is 14.2 Å². The number of carboxylic acid groups (broad SMARTS) is 1. The maximum atomic E-state index is 15.7. The number of carbonyl (C=O) groups excluding carboxylic acids is 1. The molecule has 2 aromatic carbocycles. The zero-order chi connectivity index (χ0) is 26.7. The molecule has 3 rings (SSSR count). The van der Waals surface area contributed by atoms with E-state index in [9.17, 15) is 14.7 Å². The minimum atomic E-state index is -2.22. The highest BCUT2D eigenvalue weighted by Crippen LogP contribution is 2.40. The summed E-state index contributed by atoms with van der Waals surface area (Å²) in [6.07, 6.45) is 6.63. The molecule has 1 aliphatic carbocycles. The Bertz CT molecular complexity index is 984. The van der Waals surface area contributed by atoms with Crippen molar-refractivity contribution in [2.45, 2.75) is 77.3 Å². The van der Waals surface area contributed by atoms with Gasteiger partial charge in [-0.25, -0.2) is 14.0 Å². The maximum Gasteiger partial charge on any atom is 0.343 e. The van der Waals surface area contributed by atoms with Gasteiger partial charge in [-0.05, 0) is 86.6 Å². The van der Waals surface area contributed by atoms with Gasteiger partial charge in [-0.15, -0.1) is 0 Å². The molecule has 1 N–H and O–H groups in total. The molecule has 1 aliphatic rings. The van der Waals surface area contributed by atoms with Gasteiger partial charge in [-0.2, -0.15) is 0 Å². The first-order chi connectivity index (χ1) is 17.9. The third-order valence-corrected chi connectivity index (χ3v) is 7.15. The highest BCUT2D eigenvalue weighted by atomic mass is 19.1. The number of benzene rings is 2. The number of unbranched alkanes of at least 4 members (excludes halogenated alkanes) is 1. The smallest absolute Gasteiger partial charge is 0.343 e. The first kappa shape index (κ1) is 28.5. The molecule has 37 heavy (non-hydrogen) atoms. The van der Waals surface area contributed by atoms with Gasteiger partial charge in [0.2, 0.25) is 5.67 Å². The van der Waals surface area contributed by atoms with Crippen LogP contribution in [0.5, 0.6) is 17.2 Å². The summed E-state index contributed by atoms with van der Waals surface area (Å²) in [4.78, 5) is 24.3. The van der Waals surface area contributed by atoms with Crippen molar-refractivity contribution in [3.8, 4) is 17.2 Å². The van der Waals surface area contributed by atoms with E-state index in [1.54, 1.807) is 48.5 Å². The fourth-order valence-electron chi connectivity index (χ4n) is 4.74. The van der Waals surface area contributed by atoms with Gasteiger partial charge in [0.05, 0.1) is 18.8 Å². The topological polar surface area (TPSA) is 82.1 Å². The largest absolute Gasteiger partial charge is 0.494 e. The predicted octanol–water partition coefficient (Wildman–Crippen LogP) is 7.25. The molecule has 0 saturated heterocycles. The van der Waals surface area contributed by atoms with Crippen LogP contribution in [0, 0.1) is 11.8 Å². The minimum absolute atomic E-state index is 0.0539. The van der Waals surface area contributed by atoms with Gasteiger partial charge in [-0.1, -0.05) is 39.5 Å². The predicted molar refractivity (Wildman–Crippen MR) is 140 cm³/mol. The summed E-state index contributed by atoms with van der Waals surface area (Å²) >= 11 is 0. The number of hydrogen-bond donors (Lipinski definition) is 1. The Kier molecular flexibility index (Phi) is 10.8. The van der Waals surface area contributed by atoms with Gasteiger partial charge in [-0.3, -0.25) is 0 Å². The number of halogens is 1. The average Bonchev–Trinajstić information content (AvgIpc) is 2.92. The molecule has 6 nitrogen and oxygen atoms in total. The Morgan fingerprint density at radius 3 is 2.14 bits per heavy atom. The fraction of sp³-hybridized carbons (Fsp3) is 0.533. The quantitative estimate of drug-likeness (QED) is 0.162. The monoisotopic (exact) mass is 514 g/mol. The van der Waals surface area contributed by atoms with E-state index in [1.165, 1.54) is 0 Å². The van der Waals surface area contributed by atoms with E-state index in [4.69, 9.17) is 14.2 Å². The molecule has 0 aromatic heterocycles.